The predicted octanol–water partition coefficient (Wildman–Crippen LogP) is -0.518. The van der Waals surface area contributed by atoms with Crippen molar-refractivity contribution in [3.63, 3.8) is 0 Å². The first-order chi connectivity index (χ1) is 6.69. The molecule has 1 amide bonds. The molecule has 74 valence electrons. The van der Waals surface area contributed by atoms with Crippen molar-refractivity contribution in [2.75, 3.05) is 18.8 Å². The quantitative estimate of drug-likeness (QED) is 0.632. The van der Waals surface area contributed by atoms with Crippen LogP contribution in [0, 0.1) is 12.3 Å². The number of nitrogens with one attached hydrogen (secondary N) is 1. The zero-order chi connectivity index (χ0) is 10.6. The van der Waals surface area contributed by atoms with Crippen LogP contribution in [-0.4, -0.2) is 39.1 Å². The molecule has 0 aliphatic rings. The van der Waals surface area contributed by atoms with Gasteiger partial charge in [-0.1, -0.05) is 5.92 Å². The molecule has 0 fully saturated rings. The molecule has 0 spiro atoms. The summed E-state index contributed by atoms with van der Waals surface area (Å²) in [4.78, 5) is 16.8. The molecule has 0 atom stereocenters. The van der Waals surface area contributed by atoms with Crippen LogP contribution >= 0.6 is 0 Å². The fraction of sp³-hybridized carbons (Fsp3) is 0.375. The van der Waals surface area contributed by atoms with Gasteiger partial charge >= 0.3 is 0 Å². The highest BCUT2D eigenvalue weighted by molar-refractivity contribution is 5.90. The standard InChI is InChI=1S/C8H11N5O/c1-3-5-13(4-2)7(14)6-10-8(9)12-11-6/h1H,4-5H2,2H3,(H3,9,10,11,12). The molecule has 6 nitrogen and oxygen atoms in total. The lowest BCUT2D eigenvalue weighted by Gasteiger charge is -2.15. The molecule has 14 heavy (non-hydrogen) atoms. The second kappa shape index (κ2) is 4.28. The largest absolute Gasteiger partial charge is 0.366 e. The Morgan fingerprint density at radius 1 is 1.79 bits per heavy atom. The molecule has 1 aromatic rings. The lowest BCUT2D eigenvalue weighted by atomic mass is 10.4. The van der Waals surface area contributed by atoms with Crippen molar-refractivity contribution in [1.82, 2.24) is 20.1 Å². The Kier molecular flexibility index (Phi) is 3.07. The van der Waals surface area contributed by atoms with E-state index in [1.165, 1.54) is 4.90 Å². The highest BCUT2D eigenvalue weighted by Crippen LogP contribution is 1.99. The van der Waals surface area contributed by atoms with E-state index in [0.717, 1.165) is 0 Å². The third-order valence-electron chi connectivity index (χ3n) is 1.66. The minimum absolute atomic E-state index is 0.0464. The molecule has 1 rings (SSSR count). The van der Waals surface area contributed by atoms with Crippen LogP contribution in [0.25, 0.3) is 0 Å². The van der Waals surface area contributed by atoms with E-state index in [1.54, 1.807) is 0 Å². The van der Waals surface area contributed by atoms with Crippen LogP contribution in [0.15, 0.2) is 0 Å². The number of hydrogen-bond acceptors (Lipinski definition) is 4. The van der Waals surface area contributed by atoms with Crippen LogP contribution in [-0.2, 0) is 0 Å². The number of aromatic nitrogens is 3. The van der Waals surface area contributed by atoms with Crippen molar-refractivity contribution in [3.05, 3.63) is 5.82 Å². The Balaban J connectivity index is 2.78. The van der Waals surface area contributed by atoms with Gasteiger partial charge in [0.25, 0.3) is 5.91 Å². The average molecular weight is 193 g/mol. The molecule has 0 aliphatic heterocycles. The van der Waals surface area contributed by atoms with Crippen LogP contribution in [0.3, 0.4) is 0 Å². The van der Waals surface area contributed by atoms with Gasteiger partial charge in [-0.3, -0.25) is 9.89 Å². The van der Waals surface area contributed by atoms with Gasteiger partial charge in [-0.15, -0.1) is 11.5 Å². The number of carbonyl (C=O) groups is 1. The molecule has 0 saturated carbocycles. The number of rotatable bonds is 3. The Hall–Kier alpha value is -2.03. The van der Waals surface area contributed by atoms with Crippen molar-refractivity contribution in [1.29, 1.82) is 0 Å². The van der Waals surface area contributed by atoms with E-state index in [9.17, 15) is 4.79 Å². The zero-order valence-corrected chi connectivity index (χ0v) is 7.82. The summed E-state index contributed by atoms with van der Waals surface area (Å²) in [5.41, 5.74) is 5.27. The van der Waals surface area contributed by atoms with Crippen LogP contribution in [0.5, 0.6) is 0 Å². The Morgan fingerprint density at radius 2 is 2.50 bits per heavy atom. The van der Waals surface area contributed by atoms with Gasteiger partial charge in [-0.05, 0) is 6.92 Å². The summed E-state index contributed by atoms with van der Waals surface area (Å²) < 4.78 is 0. The minimum Gasteiger partial charge on any atom is -0.366 e. The normalized spacial score (nSPS) is 9.43. The molecule has 1 aromatic heterocycles. The average Bonchev–Trinajstić information content (AvgIpc) is 2.60. The monoisotopic (exact) mass is 193 g/mol. The van der Waals surface area contributed by atoms with Gasteiger partial charge in [0.1, 0.15) is 0 Å². The van der Waals surface area contributed by atoms with E-state index in [0.29, 0.717) is 6.54 Å². The molecule has 0 bridgehead atoms. The van der Waals surface area contributed by atoms with Crippen molar-refractivity contribution < 1.29 is 4.79 Å². The second-order valence-corrected chi connectivity index (χ2v) is 2.57. The highest BCUT2D eigenvalue weighted by Gasteiger charge is 2.16. The molecule has 3 N–H and O–H groups in total. The van der Waals surface area contributed by atoms with Crippen LogP contribution in [0.4, 0.5) is 5.95 Å². The van der Waals surface area contributed by atoms with Crippen molar-refractivity contribution in [3.8, 4) is 12.3 Å². The highest BCUT2D eigenvalue weighted by atomic mass is 16.2. The molecule has 0 saturated heterocycles. The zero-order valence-electron chi connectivity index (χ0n) is 7.82. The molecule has 0 radical (unpaired) electrons. The lowest BCUT2D eigenvalue weighted by molar-refractivity contribution is 0.0773. The Bertz CT molecular complexity index is 364. The first kappa shape index (κ1) is 10.1. The molecular weight excluding hydrogens is 182 g/mol. The lowest BCUT2D eigenvalue weighted by Crippen LogP contribution is -2.31. The molecule has 6 heteroatoms. The van der Waals surface area contributed by atoms with Crippen LogP contribution in [0.2, 0.25) is 0 Å². The summed E-state index contributed by atoms with van der Waals surface area (Å²) in [7, 11) is 0. The van der Waals surface area contributed by atoms with Gasteiger partial charge in [0, 0.05) is 6.54 Å². The van der Waals surface area contributed by atoms with E-state index in [1.807, 2.05) is 6.92 Å². The summed E-state index contributed by atoms with van der Waals surface area (Å²) in [5.74, 6) is 2.25. The van der Waals surface area contributed by atoms with Gasteiger partial charge in [-0.25, -0.2) is 0 Å². The maximum atomic E-state index is 11.6. The van der Waals surface area contributed by atoms with E-state index in [4.69, 9.17) is 12.2 Å². The third kappa shape index (κ3) is 2.01. The van der Waals surface area contributed by atoms with Gasteiger partial charge in [0.15, 0.2) is 0 Å². The van der Waals surface area contributed by atoms with Crippen LogP contribution < -0.4 is 5.73 Å². The summed E-state index contributed by atoms with van der Waals surface area (Å²) in [6.07, 6.45) is 5.11. The predicted molar refractivity (Wildman–Crippen MR) is 51.2 cm³/mol. The summed E-state index contributed by atoms with van der Waals surface area (Å²) in [5, 5.41) is 5.99. The molecule has 0 aromatic carbocycles. The Labute approximate surface area is 81.5 Å². The topological polar surface area (TPSA) is 87.9 Å². The molecule has 0 unspecified atom stereocenters. The summed E-state index contributed by atoms with van der Waals surface area (Å²) in [6.45, 7) is 2.59. The van der Waals surface area contributed by atoms with Gasteiger partial charge in [0.05, 0.1) is 6.54 Å². The van der Waals surface area contributed by atoms with Crippen molar-refractivity contribution in [2.45, 2.75) is 6.92 Å². The summed E-state index contributed by atoms with van der Waals surface area (Å²) in [6, 6.07) is 0. The number of amides is 1. The minimum atomic E-state index is -0.297. The van der Waals surface area contributed by atoms with Crippen molar-refractivity contribution in [2.24, 2.45) is 0 Å². The first-order valence-electron chi connectivity index (χ1n) is 4.09. The fourth-order valence-electron chi connectivity index (χ4n) is 0.958. The number of nitrogens with zero attached hydrogens (tertiary/aromatic N) is 3. The second-order valence-electron chi connectivity index (χ2n) is 2.57. The van der Waals surface area contributed by atoms with E-state index in [-0.39, 0.29) is 24.2 Å². The Morgan fingerprint density at radius 3 is 2.93 bits per heavy atom. The third-order valence-corrected chi connectivity index (χ3v) is 1.66. The first-order valence-corrected chi connectivity index (χ1v) is 4.09. The number of anilines is 1. The number of nitrogen functional groups attached to an aromatic ring is 1. The number of carbonyl (C=O) groups excluding carboxylic acids is 1. The molecule has 1 heterocycles. The summed E-state index contributed by atoms with van der Waals surface area (Å²) >= 11 is 0. The number of nitrogens with two attached hydrogens (primary N) is 1. The van der Waals surface area contributed by atoms with E-state index >= 15 is 0 Å². The van der Waals surface area contributed by atoms with E-state index < -0.39 is 0 Å². The maximum Gasteiger partial charge on any atom is 0.292 e. The number of hydrogen-bond donors (Lipinski definition) is 2. The van der Waals surface area contributed by atoms with Gasteiger partial charge in [0.2, 0.25) is 11.8 Å². The van der Waals surface area contributed by atoms with Gasteiger partial charge in [-0.2, -0.15) is 4.98 Å². The number of H-pyrrole nitrogens is 1. The van der Waals surface area contributed by atoms with E-state index in [2.05, 4.69) is 21.1 Å². The maximum absolute atomic E-state index is 11.6. The number of terminal acetylenes is 1. The van der Waals surface area contributed by atoms with Crippen molar-refractivity contribution >= 4 is 11.9 Å². The van der Waals surface area contributed by atoms with Gasteiger partial charge < -0.3 is 10.6 Å². The smallest absolute Gasteiger partial charge is 0.292 e. The SMILES string of the molecule is C#CCN(CC)C(=O)c1nc(N)n[nH]1. The molecule has 0 aliphatic carbocycles. The number of aromatic amines is 1. The van der Waals surface area contributed by atoms with Crippen LogP contribution in [0.1, 0.15) is 17.5 Å². The fourth-order valence-corrected chi connectivity index (χ4v) is 0.958. The molecular formula is C8H11N5O.